The number of benzene rings is 1. The average Bonchev–Trinajstić information content (AvgIpc) is 2.55. The molecule has 0 spiro atoms. The normalized spacial score (nSPS) is 19.0. The van der Waals surface area contributed by atoms with Crippen molar-refractivity contribution in [2.45, 2.75) is 25.3 Å². The van der Waals surface area contributed by atoms with Crippen LogP contribution in [0, 0.1) is 0 Å². The molecule has 1 aromatic rings. The first-order chi connectivity index (χ1) is 11.3. The Morgan fingerprint density at radius 3 is 2.75 bits per heavy atom. The third-order valence-electron chi connectivity index (χ3n) is 4.06. The van der Waals surface area contributed by atoms with E-state index in [9.17, 15) is 13.2 Å². The van der Waals surface area contributed by atoms with E-state index < -0.39 is 16.1 Å². The molecule has 1 saturated heterocycles. The number of rotatable bonds is 6. The smallest absolute Gasteiger partial charge is 0.240 e. The average molecular weight is 375 g/mol. The molecule has 134 valence electrons. The Morgan fingerprint density at radius 1 is 1.38 bits per heavy atom. The molecule has 24 heavy (non-hydrogen) atoms. The summed E-state index contributed by atoms with van der Waals surface area (Å²) >= 11 is 6.01. The third-order valence-corrected chi connectivity index (χ3v) is 5.66. The Morgan fingerprint density at radius 2 is 2.08 bits per heavy atom. The number of sulfonamides is 1. The number of piperidine rings is 1. The highest BCUT2D eigenvalue weighted by Gasteiger charge is 2.35. The molecule has 1 heterocycles. The number of carbonyl (C=O) groups excluding carboxylic acids is 1. The molecular weight excluding hydrogens is 352 g/mol. The van der Waals surface area contributed by atoms with Crippen molar-refractivity contribution in [3.05, 3.63) is 29.3 Å². The van der Waals surface area contributed by atoms with Gasteiger partial charge in [0.2, 0.25) is 15.9 Å². The number of hydrogen-bond acceptors (Lipinski definition) is 4. The van der Waals surface area contributed by atoms with Crippen molar-refractivity contribution in [3.63, 3.8) is 0 Å². The van der Waals surface area contributed by atoms with E-state index >= 15 is 0 Å². The molecule has 0 saturated carbocycles. The fourth-order valence-corrected chi connectivity index (χ4v) is 4.08. The molecule has 1 aliphatic heterocycles. The minimum Gasteiger partial charge on any atom is -0.490 e. The van der Waals surface area contributed by atoms with Gasteiger partial charge in [0, 0.05) is 13.6 Å². The predicted molar refractivity (Wildman–Crippen MR) is 93.8 cm³/mol. The zero-order valence-electron chi connectivity index (χ0n) is 13.9. The summed E-state index contributed by atoms with van der Waals surface area (Å²) in [6.07, 6.45) is 3.35. The van der Waals surface area contributed by atoms with Crippen LogP contribution >= 0.6 is 11.6 Å². The Kier molecular flexibility index (Phi) is 6.48. The van der Waals surface area contributed by atoms with E-state index in [0.29, 0.717) is 30.3 Å². The molecule has 0 N–H and O–H groups in total. The van der Waals surface area contributed by atoms with Crippen molar-refractivity contribution in [2.75, 3.05) is 33.0 Å². The van der Waals surface area contributed by atoms with Crippen molar-refractivity contribution < 1.29 is 17.9 Å². The van der Waals surface area contributed by atoms with Gasteiger partial charge in [0.15, 0.2) is 0 Å². The number of hydrogen-bond donors (Lipinski definition) is 0. The van der Waals surface area contributed by atoms with Gasteiger partial charge in [0.05, 0.1) is 17.8 Å². The second-order valence-electron chi connectivity index (χ2n) is 5.92. The van der Waals surface area contributed by atoms with E-state index in [1.165, 1.54) is 9.21 Å². The van der Waals surface area contributed by atoms with Gasteiger partial charge in [-0.25, -0.2) is 8.42 Å². The first-order valence-corrected chi connectivity index (χ1v) is 10.1. The van der Waals surface area contributed by atoms with Gasteiger partial charge < -0.3 is 9.64 Å². The molecular formula is C16H23ClN2O4S. The van der Waals surface area contributed by atoms with Crippen LogP contribution in [0.1, 0.15) is 19.3 Å². The Balaban J connectivity index is 1.92. The van der Waals surface area contributed by atoms with Crippen LogP contribution in [-0.2, 0) is 14.8 Å². The third kappa shape index (κ3) is 4.84. The molecule has 2 rings (SSSR count). The Hall–Kier alpha value is -1.31. The fourth-order valence-electron chi connectivity index (χ4n) is 2.77. The SMILES string of the molecule is CN(CCOc1ccccc1Cl)C(=O)C1CCCCN1S(C)(=O)=O. The zero-order chi connectivity index (χ0) is 17.7. The largest absolute Gasteiger partial charge is 0.490 e. The van der Waals surface area contributed by atoms with Crippen molar-refractivity contribution in [1.29, 1.82) is 0 Å². The second kappa shape index (κ2) is 8.18. The lowest BCUT2D eigenvalue weighted by atomic mass is 10.0. The van der Waals surface area contributed by atoms with Gasteiger partial charge in [-0.1, -0.05) is 30.2 Å². The quantitative estimate of drug-likeness (QED) is 0.763. The first kappa shape index (κ1) is 19.0. The second-order valence-corrected chi connectivity index (χ2v) is 8.27. The molecule has 0 aromatic heterocycles. The lowest BCUT2D eigenvalue weighted by molar-refractivity contribution is -0.135. The van der Waals surface area contributed by atoms with Crippen molar-refractivity contribution in [3.8, 4) is 5.75 Å². The van der Waals surface area contributed by atoms with Crippen LogP contribution in [-0.4, -0.2) is 62.6 Å². The van der Waals surface area contributed by atoms with Gasteiger partial charge >= 0.3 is 0 Å². The van der Waals surface area contributed by atoms with E-state index in [-0.39, 0.29) is 12.5 Å². The predicted octanol–water partition coefficient (Wildman–Crippen LogP) is 1.99. The van der Waals surface area contributed by atoms with Crippen LogP contribution in [0.2, 0.25) is 5.02 Å². The number of likely N-dealkylation sites (N-methyl/N-ethyl adjacent to an activating group) is 1. The van der Waals surface area contributed by atoms with E-state index in [0.717, 1.165) is 19.1 Å². The van der Waals surface area contributed by atoms with Crippen molar-refractivity contribution in [2.24, 2.45) is 0 Å². The molecule has 1 atom stereocenters. The highest BCUT2D eigenvalue weighted by atomic mass is 35.5. The number of ether oxygens (including phenoxy) is 1. The Bertz CT molecular complexity index is 680. The van der Waals surface area contributed by atoms with Gasteiger partial charge in [0.25, 0.3) is 0 Å². The summed E-state index contributed by atoms with van der Waals surface area (Å²) in [5.74, 6) is 0.373. The van der Waals surface area contributed by atoms with Crippen LogP contribution in [0.25, 0.3) is 0 Å². The summed E-state index contributed by atoms with van der Waals surface area (Å²) in [5, 5.41) is 0.516. The molecule has 6 nitrogen and oxygen atoms in total. The molecule has 0 aliphatic carbocycles. The van der Waals surface area contributed by atoms with E-state index in [1.54, 1.807) is 19.2 Å². The fraction of sp³-hybridized carbons (Fsp3) is 0.562. The standard InChI is InChI=1S/C16H23ClN2O4S/c1-18(11-12-23-15-9-4-3-7-13(15)17)16(20)14-8-5-6-10-19(14)24(2,21)22/h3-4,7,9,14H,5-6,8,10-12H2,1-2H3. The van der Waals surface area contributed by atoms with E-state index in [1.807, 2.05) is 12.1 Å². The zero-order valence-corrected chi connectivity index (χ0v) is 15.5. The number of nitrogens with zero attached hydrogens (tertiary/aromatic N) is 2. The summed E-state index contributed by atoms with van der Waals surface area (Å²) in [7, 11) is -1.73. The molecule has 1 unspecified atom stereocenters. The summed E-state index contributed by atoms with van der Waals surface area (Å²) < 4.78 is 30.6. The van der Waals surface area contributed by atoms with Crippen LogP contribution in [0.3, 0.4) is 0 Å². The maximum absolute atomic E-state index is 12.6. The van der Waals surface area contributed by atoms with Crippen LogP contribution < -0.4 is 4.74 Å². The van der Waals surface area contributed by atoms with Gasteiger partial charge in [-0.05, 0) is 25.0 Å². The summed E-state index contributed by atoms with van der Waals surface area (Å²) in [5.41, 5.74) is 0. The van der Waals surface area contributed by atoms with Crippen molar-refractivity contribution in [1.82, 2.24) is 9.21 Å². The molecule has 0 radical (unpaired) electrons. The number of amides is 1. The lowest BCUT2D eigenvalue weighted by Gasteiger charge is -2.34. The summed E-state index contributed by atoms with van der Waals surface area (Å²) in [4.78, 5) is 14.1. The number of halogens is 1. The van der Waals surface area contributed by atoms with Gasteiger partial charge in [-0.3, -0.25) is 4.79 Å². The minimum absolute atomic E-state index is 0.192. The van der Waals surface area contributed by atoms with Gasteiger partial charge in [-0.2, -0.15) is 4.31 Å². The van der Waals surface area contributed by atoms with Crippen LogP contribution in [0.5, 0.6) is 5.75 Å². The molecule has 1 aromatic carbocycles. The molecule has 1 amide bonds. The highest BCUT2D eigenvalue weighted by molar-refractivity contribution is 7.88. The first-order valence-electron chi connectivity index (χ1n) is 7.90. The number of para-hydroxylation sites is 1. The maximum Gasteiger partial charge on any atom is 0.240 e. The maximum atomic E-state index is 12.6. The minimum atomic E-state index is -3.39. The molecule has 1 aliphatic rings. The van der Waals surface area contributed by atoms with Crippen molar-refractivity contribution >= 4 is 27.5 Å². The summed E-state index contributed by atoms with van der Waals surface area (Å²) in [6, 6.07) is 6.52. The summed E-state index contributed by atoms with van der Waals surface area (Å²) in [6.45, 7) is 1.05. The molecule has 8 heteroatoms. The molecule has 0 bridgehead atoms. The molecule has 1 fully saturated rings. The Labute approximate surface area is 148 Å². The monoisotopic (exact) mass is 374 g/mol. The number of carbonyl (C=O) groups is 1. The van der Waals surface area contributed by atoms with Crippen LogP contribution in [0.15, 0.2) is 24.3 Å². The van der Waals surface area contributed by atoms with E-state index in [2.05, 4.69) is 0 Å². The van der Waals surface area contributed by atoms with Crippen LogP contribution in [0.4, 0.5) is 0 Å². The van der Waals surface area contributed by atoms with Gasteiger partial charge in [0.1, 0.15) is 18.4 Å². The topological polar surface area (TPSA) is 66.9 Å². The van der Waals surface area contributed by atoms with Gasteiger partial charge in [-0.15, -0.1) is 0 Å². The highest BCUT2D eigenvalue weighted by Crippen LogP contribution is 2.23. The lowest BCUT2D eigenvalue weighted by Crippen LogP contribution is -2.52. The van der Waals surface area contributed by atoms with E-state index in [4.69, 9.17) is 16.3 Å².